The van der Waals surface area contributed by atoms with Crippen molar-refractivity contribution >= 4 is 10.7 Å². The van der Waals surface area contributed by atoms with E-state index in [-0.39, 0.29) is 5.88 Å². The van der Waals surface area contributed by atoms with Gasteiger partial charge in [0, 0.05) is 70.5 Å². The van der Waals surface area contributed by atoms with Gasteiger partial charge in [-0.3, -0.25) is 14.7 Å². The van der Waals surface area contributed by atoms with Crippen LogP contribution in [-0.4, -0.2) is 98.8 Å². The lowest BCUT2D eigenvalue weighted by Gasteiger charge is -2.40. The van der Waals surface area contributed by atoms with Gasteiger partial charge in [0.2, 0.25) is 0 Å². The monoisotopic (exact) mass is 440 g/mol. The fourth-order valence-electron chi connectivity index (χ4n) is 4.78. The number of hydrogen-bond acceptors (Lipinski definition) is 7. The Kier molecular flexibility index (Phi) is 10.1. The maximum atomic E-state index is 10.6. The lowest BCUT2D eigenvalue weighted by Crippen LogP contribution is -2.51. The first-order chi connectivity index (χ1) is 14.6. The minimum absolute atomic E-state index is 0.244. The molecule has 2 saturated heterocycles. The lowest BCUT2D eigenvalue weighted by molar-refractivity contribution is 0.0879. The minimum atomic E-state index is -2.24. The van der Waals surface area contributed by atoms with Crippen LogP contribution >= 0.6 is 0 Å². The normalized spacial score (nSPS) is 23.4. The molecule has 0 radical (unpaired) electrons. The zero-order chi connectivity index (χ0) is 21.2. The van der Waals surface area contributed by atoms with Gasteiger partial charge in [-0.1, -0.05) is 26.2 Å². The lowest BCUT2D eigenvalue weighted by atomic mass is 9.94. The molecule has 3 heterocycles. The summed E-state index contributed by atoms with van der Waals surface area (Å²) in [5.74, 6) is 0.244. The van der Waals surface area contributed by atoms with E-state index in [9.17, 15) is 8.42 Å². The number of likely N-dealkylation sites (N-methyl/N-ethyl adjacent to an activating group) is 1. The van der Waals surface area contributed by atoms with Crippen molar-refractivity contribution in [3.05, 3.63) is 24.2 Å². The van der Waals surface area contributed by atoms with Gasteiger partial charge in [0.25, 0.3) is 0 Å². The van der Waals surface area contributed by atoms with Crippen molar-refractivity contribution in [2.45, 2.75) is 51.6 Å². The Labute approximate surface area is 183 Å². The average Bonchev–Trinajstić information content (AvgIpc) is 3.29. The number of hydrogen-bond donors (Lipinski definition) is 1. The van der Waals surface area contributed by atoms with Gasteiger partial charge >= 0.3 is 0 Å². The van der Waals surface area contributed by atoms with Crippen molar-refractivity contribution in [3.63, 3.8) is 0 Å². The molecule has 0 N–H and O–H groups in total. The number of nitrogens with zero attached hydrogens (tertiary/aromatic N) is 4. The molecule has 1 aromatic rings. The van der Waals surface area contributed by atoms with Gasteiger partial charge in [0.15, 0.2) is 10.7 Å². The summed E-state index contributed by atoms with van der Waals surface area (Å²) in [4.78, 5) is 9.58. The maximum absolute atomic E-state index is 10.6. The molecule has 1 saturated carbocycles. The highest BCUT2D eigenvalue weighted by Gasteiger charge is 2.25. The number of rotatable bonds is 6. The van der Waals surface area contributed by atoms with Crippen LogP contribution < -0.4 is 0 Å². The van der Waals surface area contributed by atoms with E-state index in [1.54, 1.807) is 6.26 Å². The van der Waals surface area contributed by atoms with Gasteiger partial charge in [0.05, 0.1) is 18.4 Å². The van der Waals surface area contributed by atoms with Crippen LogP contribution in [0.15, 0.2) is 23.0 Å². The Morgan fingerprint density at radius 1 is 0.900 bits per heavy atom. The van der Waals surface area contributed by atoms with Crippen LogP contribution in [-0.2, 0) is 17.2 Å². The number of thiol groups is 1. The fourth-order valence-corrected chi connectivity index (χ4v) is 5.39. The van der Waals surface area contributed by atoms with Gasteiger partial charge in [-0.05, 0) is 25.5 Å². The molecule has 8 heteroatoms. The van der Waals surface area contributed by atoms with Crippen LogP contribution in [0.25, 0.3) is 0 Å². The summed E-state index contributed by atoms with van der Waals surface area (Å²) < 4.78 is 26.3. The predicted octanol–water partition coefficient (Wildman–Crippen LogP) is 1.92. The molecule has 4 rings (SSSR count). The molecule has 0 aromatic carbocycles. The third-order valence-electron chi connectivity index (χ3n) is 6.71. The van der Waals surface area contributed by atoms with Crippen LogP contribution in [0.2, 0.25) is 0 Å². The first-order valence-corrected chi connectivity index (χ1v) is 13.0. The van der Waals surface area contributed by atoms with E-state index in [0.29, 0.717) is 0 Å². The number of piperazine rings is 2. The molecule has 1 aliphatic carbocycles. The summed E-state index contributed by atoms with van der Waals surface area (Å²) in [6.45, 7) is 13.1. The van der Waals surface area contributed by atoms with Crippen molar-refractivity contribution in [3.8, 4) is 0 Å². The third-order valence-corrected chi connectivity index (χ3v) is 7.34. The molecule has 0 bridgehead atoms. The summed E-state index contributed by atoms with van der Waals surface area (Å²) in [6.07, 6.45) is 10.4. The van der Waals surface area contributed by atoms with Crippen molar-refractivity contribution < 1.29 is 12.8 Å². The summed E-state index contributed by atoms with van der Waals surface area (Å²) >= 11 is 0. The van der Waals surface area contributed by atoms with Gasteiger partial charge in [-0.15, -0.1) is 0 Å². The van der Waals surface area contributed by atoms with Gasteiger partial charge in [0.1, 0.15) is 0 Å². The molecule has 172 valence electrons. The molecule has 3 fully saturated rings. The summed E-state index contributed by atoms with van der Waals surface area (Å²) in [5.41, 5.74) is 1.29. The second kappa shape index (κ2) is 12.8. The molecule has 0 atom stereocenters. The van der Waals surface area contributed by atoms with Gasteiger partial charge in [-0.25, -0.2) is 8.42 Å². The van der Waals surface area contributed by atoms with Crippen molar-refractivity contribution in [2.75, 3.05) is 64.8 Å². The molecule has 0 spiro atoms. The quantitative estimate of drug-likeness (QED) is 0.678. The van der Waals surface area contributed by atoms with E-state index in [2.05, 4.69) is 21.6 Å². The first kappa shape index (κ1) is 23.7. The van der Waals surface area contributed by atoms with Crippen molar-refractivity contribution in [2.24, 2.45) is 0 Å². The van der Waals surface area contributed by atoms with Crippen LogP contribution in [0, 0.1) is 0 Å². The Bertz CT molecular complexity index is 637. The summed E-state index contributed by atoms with van der Waals surface area (Å²) in [7, 11) is -2.24. The SMILES string of the molecule is CCN1CCN(Cc2ccoc2)CC1.O=[SH](=O)CN1CCN(C2CCCCC2)CC1. The second-order valence-corrected chi connectivity index (χ2v) is 9.71. The van der Waals surface area contributed by atoms with E-state index in [1.807, 2.05) is 17.2 Å². The van der Waals surface area contributed by atoms with E-state index in [1.165, 1.54) is 70.4 Å². The highest BCUT2D eigenvalue weighted by atomic mass is 32.2. The van der Waals surface area contributed by atoms with Crippen LogP contribution in [0.5, 0.6) is 0 Å². The van der Waals surface area contributed by atoms with Crippen LogP contribution in [0.4, 0.5) is 0 Å². The molecular weight excluding hydrogens is 400 g/mol. The van der Waals surface area contributed by atoms with E-state index in [4.69, 9.17) is 4.42 Å². The molecular formula is C22H40N4O3S. The van der Waals surface area contributed by atoms with Crippen molar-refractivity contribution in [1.29, 1.82) is 0 Å². The third kappa shape index (κ3) is 7.96. The van der Waals surface area contributed by atoms with Crippen LogP contribution in [0.3, 0.4) is 0 Å². The molecule has 1 aromatic heterocycles. The zero-order valence-electron chi connectivity index (χ0n) is 18.6. The second-order valence-electron chi connectivity index (χ2n) is 8.76. The predicted molar refractivity (Wildman–Crippen MR) is 121 cm³/mol. The highest BCUT2D eigenvalue weighted by molar-refractivity contribution is 7.72. The Morgan fingerprint density at radius 3 is 2.10 bits per heavy atom. The van der Waals surface area contributed by atoms with Crippen LogP contribution in [0.1, 0.15) is 44.6 Å². The topological polar surface area (TPSA) is 60.2 Å². The first-order valence-electron chi connectivity index (χ1n) is 11.7. The fraction of sp³-hybridized carbons (Fsp3) is 0.818. The van der Waals surface area contributed by atoms with E-state index < -0.39 is 10.7 Å². The molecule has 0 unspecified atom stereocenters. The molecule has 7 nitrogen and oxygen atoms in total. The smallest absolute Gasteiger partial charge is 0.153 e. The highest BCUT2D eigenvalue weighted by Crippen LogP contribution is 2.23. The van der Waals surface area contributed by atoms with E-state index in [0.717, 1.165) is 38.8 Å². The average molecular weight is 441 g/mol. The Hall–Kier alpha value is -0.930. The van der Waals surface area contributed by atoms with Gasteiger partial charge in [-0.2, -0.15) is 0 Å². The van der Waals surface area contributed by atoms with Gasteiger partial charge < -0.3 is 9.32 Å². The largest absolute Gasteiger partial charge is 0.472 e. The molecule has 0 amide bonds. The molecule has 3 aliphatic rings. The number of furan rings is 1. The summed E-state index contributed by atoms with van der Waals surface area (Å²) in [5, 5.41) is 0. The Morgan fingerprint density at radius 2 is 1.53 bits per heavy atom. The Balaban J connectivity index is 0.000000172. The van der Waals surface area contributed by atoms with Crippen molar-refractivity contribution in [1.82, 2.24) is 19.6 Å². The minimum Gasteiger partial charge on any atom is -0.472 e. The van der Waals surface area contributed by atoms with E-state index >= 15 is 0 Å². The molecule has 30 heavy (non-hydrogen) atoms. The maximum Gasteiger partial charge on any atom is 0.153 e. The zero-order valence-corrected chi connectivity index (χ0v) is 19.5. The molecule has 2 aliphatic heterocycles. The summed E-state index contributed by atoms with van der Waals surface area (Å²) in [6, 6.07) is 2.82. The standard InChI is InChI=1S/C11H22N2O2S.C11H18N2O/c14-16(15)10-12-6-8-13(9-7-12)11-4-2-1-3-5-11;1-2-12-4-6-13(7-5-12)9-11-3-8-14-10-11/h11,16H,1-10H2;3,8,10H,2,4-7,9H2,1H3.